The number of ether oxygens (including phenoxy) is 2. The van der Waals surface area contributed by atoms with E-state index in [1.807, 2.05) is 6.92 Å². The normalized spacial score (nSPS) is 18.8. The van der Waals surface area contributed by atoms with Crippen molar-refractivity contribution in [2.45, 2.75) is 83.3 Å². The molecule has 1 saturated carbocycles. The summed E-state index contributed by atoms with van der Waals surface area (Å²) in [6.45, 7) is 5.55. The van der Waals surface area contributed by atoms with Crippen molar-refractivity contribution in [2.75, 3.05) is 39.9 Å². The standard InChI is InChI=1S/C21H40N4O3.HI/c1-3-27-21(26)25-15-12-18(13-16-25)24-20(22-2)23-14-8-5-9-17-28-19-10-6-4-7-11-19;/h18-19H,3-17H2,1-2H3,(H2,22,23,24);1H. The van der Waals surface area contributed by atoms with Crippen molar-refractivity contribution >= 4 is 36.0 Å². The second-order valence-electron chi connectivity index (χ2n) is 7.80. The van der Waals surface area contributed by atoms with Crippen molar-refractivity contribution in [1.82, 2.24) is 15.5 Å². The van der Waals surface area contributed by atoms with E-state index in [1.54, 1.807) is 11.9 Å². The fourth-order valence-electron chi connectivity index (χ4n) is 3.90. The van der Waals surface area contributed by atoms with Crippen LogP contribution >= 0.6 is 24.0 Å². The monoisotopic (exact) mass is 524 g/mol. The number of piperidine rings is 1. The molecule has 2 rings (SSSR count). The number of nitrogens with zero attached hydrogens (tertiary/aromatic N) is 2. The summed E-state index contributed by atoms with van der Waals surface area (Å²) in [6, 6.07) is 0.348. The topological polar surface area (TPSA) is 75.2 Å². The van der Waals surface area contributed by atoms with Crippen LogP contribution in [0.3, 0.4) is 0 Å². The highest BCUT2D eigenvalue weighted by atomic mass is 127. The molecule has 2 N–H and O–H groups in total. The van der Waals surface area contributed by atoms with E-state index in [1.165, 1.54) is 38.5 Å². The summed E-state index contributed by atoms with van der Waals surface area (Å²) in [6.07, 6.45) is 12.1. The molecule has 2 aliphatic rings. The van der Waals surface area contributed by atoms with Gasteiger partial charge in [0.2, 0.25) is 0 Å². The summed E-state index contributed by atoms with van der Waals surface area (Å²) in [5.74, 6) is 0.855. The number of halogens is 1. The molecule has 0 aromatic heterocycles. The number of carbonyl (C=O) groups is 1. The van der Waals surface area contributed by atoms with Gasteiger partial charge in [0, 0.05) is 39.3 Å². The highest BCUT2D eigenvalue weighted by Crippen LogP contribution is 2.20. The SMILES string of the molecule is CCOC(=O)N1CCC(NC(=NC)NCCCCCOC2CCCCC2)CC1.I. The van der Waals surface area contributed by atoms with Crippen molar-refractivity contribution in [1.29, 1.82) is 0 Å². The van der Waals surface area contributed by atoms with Gasteiger partial charge in [0.15, 0.2) is 5.96 Å². The van der Waals surface area contributed by atoms with Crippen LogP contribution in [0.4, 0.5) is 4.79 Å². The van der Waals surface area contributed by atoms with Gasteiger partial charge in [-0.15, -0.1) is 24.0 Å². The Labute approximate surface area is 193 Å². The van der Waals surface area contributed by atoms with Gasteiger partial charge in [-0.25, -0.2) is 4.79 Å². The predicted molar refractivity (Wildman–Crippen MR) is 128 cm³/mol. The number of hydrogen-bond acceptors (Lipinski definition) is 4. The molecule has 1 amide bonds. The van der Waals surface area contributed by atoms with E-state index in [4.69, 9.17) is 9.47 Å². The predicted octanol–water partition coefficient (Wildman–Crippen LogP) is 3.91. The minimum absolute atomic E-state index is 0. The second kappa shape index (κ2) is 16.0. The summed E-state index contributed by atoms with van der Waals surface area (Å²) in [5, 5.41) is 6.88. The van der Waals surface area contributed by atoms with Gasteiger partial charge in [0.25, 0.3) is 0 Å². The van der Waals surface area contributed by atoms with Crippen molar-refractivity contribution < 1.29 is 14.3 Å². The average molecular weight is 524 g/mol. The molecule has 2 fully saturated rings. The first-order valence-corrected chi connectivity index (χ1v) is 11.2. The van der Waals surface area contributed by atoms with Crippen molar-refractivity contribution in [3.05, 3.63) is 0 Å². The smallest absolute Gasteiger partial charge is 0.409 e. The first-order chi connectivity index (χ1) is 13.7. The molecule has 0 bridgehead atoms. The van der Waals surface area contributed by atoms with Crippen LogP contribution in [-0.4, -0.2) is 69.0 Å². The average Bonchev–Trinajstić information content (AvgIpc) is 2.73. The van der Waals surface area contributed by atoms with Gasteiger partial charge in [0.1, 0.15) is 0 Å². The van der Waals surface area contributed by atoms with E-state index in [2.05, 4.69) is 15.6 Å². The Morgan fingerprint density at radius 1 is 1.07 bits per heavy atom. The number of hydrogen-bond donors (Lipinski definition) is 2. The van der Waals surface area contributed by atoms with Crippen LogP contribution in [0.2, 0.25) is 0 Å². The largest absolute Gasteiger partial charge is 0.450 e. The molecule has 0 unspecified atom stereocenters. The van der Waals surface area contributed by atoms with Crippen LogP contribution in [0.5, 0.6) is 0 Å². The summed E-state index contributed by atoms with van der Waals surface area (Å²) in [7, 11) is 1.81. The van der Waals surface area contributed by atoms with Crippen LogP contribution < -0.4 is 10.6 Å². The van der Waals surface area contributed by atoms with Crippen LogP contribution in [0, 0.1) is 0 Å². The van der Waals surface area contributed by atoms with Gasteiger partial charge in [-0.1, -0.05) is 19.3 Å². The molecule has 1 aliphatic heterocycles. The Hall–Kier alpha value is -0.770. The minimum atomic E-state index is -0.198. The number of unbranched alkanes of at least 4 members (excludes halogenated alkanes) is 2. The molecular weight excluding hydrogens is 483 g/mol. The molecule has 0 aromatic carbocycles. The molecule has 1 aliphatic carbocycles. The lowest BCUT2D eigenvalue weighted by Crippen LogP contribution is -2.50. The molecule has 0 aromatic rings. The van der Waals surface area contributed by atoms with E-state index in [9.17, 15) is 4.79 Å². The van der Waals surface area contributed by atoms with Crippen molar-refractivity contribution in [2.24, 2.45) is 4.99 Å². The zero-order valence-corrected chi connectivity index (χ0v) is 20.6. The lowest BCUT2D eigenvalue weighted by molar-refractivity contribution is 0.0264. The van der Waals surface area contributed by atoms with Crippen LogP contribution in [-0.2, 0) is 9.47 Å². The molecule has 170 valence electrons. The van der Waals surface area contributed by atoms with Crippen molar-refractivity contribution in [3.8, 4) is 0 Å². The molecule has 29 heavy (non-hydrogen) atoms. The number of aliphatic imine (C=N–C) groups is 1. The summed E-state index contributed by atoms with van der Waals surface area (Å²) < 4.78 is 11.0. The molecule has 0 spiro atoms. The fourth-order valence-corrected chi connectivity index (χ4v) is 3.90. The van der Waals surface area contributed by atoms with E-state index in [0.29, 0.717) is 18.8 Å². The van der Waals surface area contributed by atoms with Gasteiger partial charge in [-0.2, -0.15) is 0 Å². The van der Waals surface area contributed by atoms with Gasteiger partial charge >= 0.3 is 6.09 Å². The molecule has 1 saturated heterocycles. The number of likely N-dealkylation sites (tertiary alicyclic amines) is 1. The van der Waals surface area contributed by atoms with Gasteiger partial charge in [0.05, 0.1) is 12.7 Å². The Morgan fingerprint density at radius 3 is 2.45 bits per heavy atom. The fraction of sp³-hybridized carbons (Fsp3) is 0.905. The summed E-state index contributed by atoms with van der Waals surface area (Å²) in [4.78, 5) is 17.9. The Morgan fingerprint density at radius 2 is 1.79 bits per heavy atom. The molecule has 7 nitrogen and oxygen atoms in total. The van der Waals surface area contributed by atoms with Gasteiger partial charge in [-0.05, 0) is 51.9 Å². The maximum atomic E-state index is 11.8. The molecule has 8 heteroatoms. The van der Waals surface area contributed by atoms with Crippen LogP contribution in [0.1, 0.15) is 71.1 Å². The number of carbonyl (C=O) groups excluding carboxylic acids is 1. The van der Waals surface area contributed by atoms with Crippen LogP contribution in [0.15, 0.2) is 4.99 Å². The molecule has 0 atom stereocenters. The van der Waals surface area contributed by atoms with Gasteiger partial charge in [-0.3, -0.25) is 4.99 Å². The number of nitrogens with one attached hydrogen (secondary N) is 2. The van der Waals surface area contributed by atoms with E-state index in [0.717, 1.165) is 57.9 Å². The molecule has 0 radical (unpaired) electrons. The molecule has 1 heterocycles. The number of guanidine groups is 1. The maximum Gasteiger partial charge on any atom is 0.409 e. The highest BCUT2D eigenvalue weighted by Gasteiger charge is 2.23. The second-order valence-corrected chi connectivity index (χ2v) is 7.80. The van der Waals surface area contributed by atoms with E-state index in [-0.39, 0.29) is 30.1 Å². The third-order valence-electron chi connectivity index (χ3n) is 5.60. The van der Waals surface area contributed by atoms with Gasteiger partial charge < -0.3 is 25.0 Å². The highest BCUT2D eigenvalue weighted by molar-refractivity contribution is 14.0. The lowest BCUT2D eigenvalue weighted by Gasteiger charge is -2.32. The first kappa shape index (κ1) is 26.3. The Kier molecular flexibility index (Phi) is 14.5. The zero-order valence-electron chi connectivity index (χ0n) is 18.3. The minimum Gasteiger partial charge on any atom is -0.450 e. The first-order valence-electron chi connectivity index (χ1n) is 11.2. The quantitative estimate of drug-likeness (QED) is 0.207. The summed E-state index contributed by atoms with van der Waals surface area (Å²) >= 11 is 0. The van der Waals surface area contributed by atoms with E-state index < -0.39 is 0 Å². The summed E-state index contributed by atoms with van der Waals surface area (Å²) in [5.41, 5.74) is 0. The zero-order chi connectivity index (χ0) is 20.0. The molecular formula is C21H41IN4O3. The van der Waals surface area contributed by atoms with Crippen LogP contribution in [0.25, 0.3) is 0 Å². The lowest BCUT2D eigenvalue weighted by atomic mass is 9.98. The number of amides is 1. The number of rotatable bonds is 9. The third kappa shape index (κ3) is 10.7. The van der Waals surface area contributed by atoms with Crippen molar-refractivity contribution in [3.63, 3.8) is 0 Å². The Bertz CT molecular complexity index is 465. The third-order valence-corrected chi connectivity index (χ3v) is 5.60. The van der Waals surface area contributed by atoms with E-state index >= 15 is 0 Å². The Balaban J connectivity index is 0.00000420. The maximum absolute atomic E-state index is 11.8.